The van der Waals surface area contributed by atoms with Crippen molar-refractivity contribution in [2.24, 2.45) is 0 Å². The Morgan fingerprint density at radius 3 is 1.98 bits per heavy atom. The van der Waals surface area contributed by atoms with Gasteiger partial charge in [0.2, 0.25) is 0 Å². The number of aromatic nitrogens is 9. The molecular formula is C40H34F3N9O5. The molecule has 17 heteroatoms. The van der Waals surface area contributed by atoms with Crippen LogP contribution in [0.15, 0.2) is 129 Å². The molecule has 3 heterocycles. The van der Waals surface area contributed by atoms with Crippen LogP contribution in [0.25, 0.3) is 6.08 Å². The van der Waals surface area contributed by atoms with E-state index in [1.807, 2.05) is 0 Å². The standard InChI is InChI=1S/C40H34F3N9O5/c41-31-8-6-30(7-9-31)39(54,21-51-26-44-24-46-51)20-50-18-33(48-49-50)19-56-34-11-1-28(2-12-34)3-16-38(53)29-4-13-35(14-5-29)57-23-40(55,22-52-27-45-25-47-52)36-15-10-32(42)17-37(36)43/h1-18,24-27,54-55H,19-23H2/b16-3+. The van der Waals surface area contributed by atoms with Gasteiger partial charge in [0.05, 0.1) is 25.8 Å². The predicted octanol–water partition coefficient (Wildman–Crippen LogP) is 4.91. The number of nitrogens with zero attached hydrogens (tertiary/aromatic N) is 9. The second kappa shape index (κ2) is 16.8. The van der Waals surface area contributed by atoms with Gasteiger partial charge in [0.1, 0.15) is 84.4 Å². The first kappa shape index (κ1) is 38.3. The Labute approximate surface area is 323 Å². The molecule has 2 N–H and O–H groups in total. The molecular weight excluding hydrogens is 743 g/mol. The highest BCUT2D eigenvalue weighted by atomic mass is 19.1. The fourth-order valence-electron chi connectivity index (χ4n) is 6.00. The average molecular weight is 778 g/mol. The van der Waals surface area contributed by atoms with Crippen LogP contribution in [-0.4, -0.2) is 67.1 Å². The van der Waals surface area contributed by atoms with E-state index in [9.17, 15) is 28.2 Å². The zero-order valence-corrected chi connectivity index (χ0v) is 30.0. The fourth-order valence-corrected chi connectivity index (χ4v) is 6.00. The lowest BCUT2D eigenvalue weighted by Gasteiger charge is -2.29. The third-order valence-corrected chi connectivity index (χ3v) is 8.91. The summed E-state index contributed by atoms with van der Waals surface area (Å²) in [6, 6.07) is 21.7. The lowest BCUT2D eigenvalue weighted by Crippen LogP contribution is -2.39. The van der Waals surface area contributed by atoms with E-state index in [-0.39, 0.29) is 37.6 Å². The van der Waals surface area contributed by atoms with Crippen LogP contribution in [0.2, 0.25) is 0 Å². The van der Waals surface area contributed by atoms with E-state index in [1.54, 1.807) is 60.8 Å². The van der Waals surface area contributed by atoms with Crippen molar-refractivity contribution in [3.8, 4) is 11.5 Å². The van der Waals surface area contributed by atoms with Crippen molar-refractivity contribution in [3.63, 3.8) is 0 Å². The van der Waals surface area contributed by atoms with Gasteiger partial charge in [-0.3, -0.25) is 4.79 Å². The molecule has 0 aliphatic heterocycles. The second-order valence-electron chi connectivity index (χ2n) is 13.2. The number of allylic oxidation sites excluding steroid dienone is 1. The van der Waals surface area contributed by atoms with E-state index >= 15 is 0 Å². The SMILES string of the molecule is O=C(/C=C/c1ccc(OCc2cn(CC(O)(Cn3cncn3)c3ccc(F)cc3)nn2)cc1)c1ccc(OCC(O)(Cn2cncn2)c2ccc(F)cc2F)cc1. The van der Waals surface area contributed by atoms with E-state index in [2.05, 4.69) is 30.5 Å². The van der Waals surface area contributed by atoms with Crippen molar-refractivity contribution in [3.05, 3.63) is 174 Å². The first-order valence-electron chi connectivity index (χ1n) is 17.4. The molecule has 0 bridgehead atoms. The van der Waals surface area contributed by atoms with Crippen LogP contribution in [0.1, 0.15) is 32.7 Å². The number of benzene rings is 4. The van der Waals surface area contributed by atoms with Gasteiger partial charge in [-0.15, -0.1) is 5.10 Å². The van der Waals surface area contributed by atoms with Gasteiger partial charge < -0.3 is 19.7 Å². The zero-order chi connectivity index (χ0) is 39.8. The van der Waals surface area contributed by atoms with Crippen LogP contribution in [0, 0.1) is 17.5 Å². The molecule has 57 heavy (non-hydrogen) atoms. The third-order valence-electron chi connectivity index (χ3n) is 8.91. The number of aliphatic hydroxyl groups is 2. The third kappa shape index (κ3) is 9.64. The maximum Gasteiger partial charge on any atom is 0.185 e. The number of carbonyl (C=O) groups excluding carboxylic acids is 1. The van der Waals surface area contributed by atoms with Crippen LogP contribution in [0.4, 0.5) is 13.2 Å². The Kier molecular flexibility index (Phi) is 11.3. The highest BCUT2D eigenvalue weighted by molar-refractivity contribution is 6.06. The lowest BCUT2D eigenvalue weighted by molar-refractivity contribution is -0.0297. The number of rotatable bonds is 17. The van der Waals surface area contributed by atoms with Crippen molar-refractivity contribution in [2.75, 3.05) is 6.61 Å². The van der Waals surface area contributed by atoms with Crippen molar-refractivity contribution < 1.29 is 37.7 Å². The summed E-state index contributed by atoms with van der Waals surface area (Å²) in [5.41, 5.74) is -1.50. The fraction of sp³-hybridized carbons (Fsp3) is 0.175. The lowest BCUT2D eigenvalue weighted by atomic mass is 9.93. The van der Waals surface area contributed by atoms with Gasteiger partial charge in [-0.2, -0.15) is 10.2 Å². The van der Waals surface area contributed by atoms with Gasteiger partial charge in [-0.25, -0.2) is 37.2 Å². The molecule has 0 aliphatic rings. The highest BCUT2D eigenvalue weighted by Crippen LogP contribution is 2.29. The average Bonchev–Trinajstić information content (AvgIpc) is 4.01. The van der Waals surface area contributed by atoms with E-state index in [4.69, 9.17) is 9.47 Å². The molecule has 14 nitrogen and oxygen atoms in total. The highest BCUT2D eigenvalue weighted by Gasteiger charge is 2.35. The topological polar surface area (TPSA) is 168 Å². The van der Waals surface area contributed by atoms with E-state index < -0.39 is 35.3 Å². The minimum Gasteiger partial charge on any atom is -0.490 e. The van der Waals surface area contributed by atoms with Gasteiger partial charge in [0.15, 0.2) is 5.78 Å². The number of ketones is 1. The molecule has 7 rings (SSSR count). The molecule has 0 saturated carbocycles. The monoisotopic (exact) mass is 777 g/mol. The molecule has 0 spiro atoms. The summed E-state index contributed by atoms with van der Waals surface area (Å²) in [6.45, 7) is -0.484. The molecule has 290 valence electrons. The van der Waals surface area contributed by atoms with E-state index in [0.717, 1.165) is 17.7 Å². The van der Waals surface area contributed by atoms with Crippen LogP contribution in [-0.2, 0) is 37.4 Å². The van der Waals surface area contributed by atoms with Crippen LogP contribution in [0.3, 0.4) is 0 Å². The van der Waals surface area contributed by atoms with Crippen molar-refractivity contribution in [1.82, 2.24) is 44.5 Å². The molecule has 3 aromatic heterocycles. The smallest absolute Gasteiger partial charge is 0.185 e. The first-order valence-corrected chi connectivity index (χ1v) is 17.4. The number of carbonyl (C=O) groups is 1. The van der Waals surface area contributed by atoms with E-state index in [1.165, 1.54) is 69.7 Å². The summed E-state index contributed by atoms with van der Waals surface area (Å²) in [4.78, 5) is 20.7. The Morgan fingerprint density at radius 2 is 1.33 bits per heavy atom. The summed E-state index contributed by atoms with van der Waals surface area (Å²) >= 11 is 0. The molecule has 0 aliphatic carbocycles. The molecule has 0 radical (unpaired) electrons. The number of hydrogen-bond acceptors (Lipinski definition) is 11. The summed E-state index contributed by atoms with van der Waals surface area (Å²) in [6.07, 6.45) is 10.2. The van der Waals surface area contributed by atoms with Gasteiger partial charge in [-0.1, -0.05) is 41.6 Å². The Morgan fingerprint density at radius 1 is 0.719 bits per heavy atom. The quantitative estimate of drug-likeness (QED) is 0.0953. The normalized spacial score (nSPS) is 13.6. The van der Waals surface area contributed by atoms with Crippen LogP contribution >= 0.6 is 0 Å². The summed E-state index contributed by atoms with van der Waals surface area (Å²) in [7, 11) is 0. The van der Waals surface area contributed by atoms with Crippen molar-refractivity contribution >= 4 is 11.9 Å². The van der Waals surface area contributed by atoms with Gasteiger partial charge >= 0.3 is 0 Å². The summed E-state index contributed by atoms with van der Waals surface area (Å²) in [5, 5.41) is 39.4. The molecule has 2 atom stereocenters. The minimum atomic E-state index is -1.93. The largest absolute Gasteiger partial charge is 0.490 e. The molecule has 0 fully saturated rings. The maximum absolute atomic E-state index is 14.7. The number of halogens is 3. The van der Waals surface area contributed by atoms with Gasteiger partial charge in [0.25, 0.3) is 0 Å². The molecule has 0 amide bonds. The maximum atomic E-state index is 14.7. The van der Waals surface area contributed by atoms with Gasteiger partial charge in [0, 0.05) is 17.2 Å². The minimum absolute atomic E-state index is 0.000320. The van der Waals surface area contributed by atoms with Crippen molar-refractivity contribution in [1.29, 1.82) is 0 Å². The summed E-state index contributed by atoms with van der Waals surface area (Å²) in [5.74, 6) is -1.56. The second-order valence-corrected chi connectivity index (χ2v) is 13.2. The first-order chi connectivity index (χ1) is 27.5. The van der Waals surface area contributed by atoms with Crippen LogP contribution < -0.4 is 9.47 Å². The molecule has 7 aromatic rings. The Hall–Kier alpha value is -6.98. The summed E-state index contributed by atoms with van der Waals surface area (Å²) < 4.78 is 57.9. The zero-order valence-electron chi connectivity index (χ0n) is 30.0. The molecule has 4 aromatic carbocycles. The number of ether oxygens (including phenoxy) is 2. The van der Waals surface area contributed by atoms with Gasteiger partial charge in [-0.05, 0) is 71.8 Å². The van der Waals surface area contributed by atoms with E-state index in [0.29, 0.717) is 34.4 Å². The molecule has 0 saturated heterocycles. The Bertz CT molecular complexity index is 2430. The number of hydrogen-bond donors (Lipinski definition) is 2. The predicted molar refractivity (Wildman–Crippen MR) is 197 cm³/mol. The van der Waals surface area contributed by atoms with Crippen LogP contribution in [0.5, 0.6) is 11.5 Å². The van der Waals surface area contributed by atoms with Crippen molar-refractivity contribution in [2.45, 2.75) is 37.4 Å². The molecule has 2 unspecified atom stereocenters. The Balaban J connectivity index is 0.919.